The molecule has 8 heteroatoms. The number of alkyl halides is 2. The lowest BCUT2D eigenvalue weighted by Crippen LogP contribution is -2.39. The van der Waals surface area contributed by atoms with Gasteiger partial charge in [0.1, 0.15) is 5.82 Å². The number of ether oxygens (including phenoxy) is 2. The molecular formula is C20H24F3N3O2. The molecule has 0 bridgehead atoms. The number of methoxy groups -OCH3 is 1. The van der Waals surface area contributed by atoms with Crippen LogP contribution in [0.2, 0.25) is 0 Å². The fraction of sp³-hybridized carbons (Fsp3) is 0.350. The Balaban J connectivity index is 1.92. The summed E-state index contributed by atoms with van der Waals surface area (Å²) in [5.41, 5.74) is 1.77. The quantitative estimate of drug-likeness (QED) is 0.547. The van der Waals surface area contributed by atoms with Crippen molar-refractivity contribution in [3.8, 4) is 11.5 Å². The van der Waals surface area contributed by atoms with Gasteiger partial charge in [0.2, 0.25) is 0 Å². The number of rotatable bonds is 8. The van der Waals surface area contributed by atoms with Gasteiger partial charge in [0.15, 0.2) is 17.5 Å². The Morgan fingerprint density at radius 3 is 2.39 bits per heavy atom. The predicted molar refractivity (Wildman–Crippen MR) is 103 cm³/mol. The number of aliphatic imine (C=N–C) groups is 1. The Morgan fingerprint density at radius 1 is 1.11 bits per heavy atom. The molecule has 0 spiro atoms. The molecule has 5 nitrogen and oxygen atoms in total. The van der Waals surface area contributed by atoms with Crippen molar-refractivity contribution < 1.29 is 22.6 Å². The van der Waals surface area contributed by atoms with Crippen LogP contribution in [0.5, 0.6) is 11.5 Å². The highest BCUT2D eigenvalue weighted by molar-refractivity contribution is 5.79. The smallest absolute Gasteiger partial charge is 0.387 e. The van der Waals surface area contributed by atoms with Crippen molar-refractivity contribution in [3.05, 3.63) is 59.4 Å². The van der Waals surface area contributed by atoms with Gasteiger partial charge in [-0.25, -0.2) is 4.39 Å². The van der Waals surface area contributed by atoms with E-state index in [9.17, 15) is 13.2 Å². The van der Waals surface area contributed by atoms with Gasteiger partial charge in [-0.3, -0.25) is 4.99 Å². The van der Waals surface area contributed by atoms with Crippen LogP contribution in [0, 0.1) is 5.82 Å². The second-order valence-corrected chi connectivity index (χ2v) is 6.07. The average Bonchev–Trinajstić information content (AvgIpc) is 2.66. The lowest BCUT2D eigenvalue weighted by atomic mass is 10.1. The molecule has 0 saturated heterocycles. The van der Waals surface area contributed by atoms with Gasteiger partial charge in [-0.05, 0) is 41.8 Å². The third-order valence-corrected chi connectivity index (χ3v) is 4.05. The highest BCUT2D eigenvalue weighted by Gasteiger charge is 2.12. The predicted octanol–water partition coefficient (Wildman–Crippen LogP) is 3.69. The molecule has 2 aromatic carbocycles. The van der Waals surface area contributed by atoms with Crippen molar-refractivity contribution in [3.63, 3.8) is 0 Å². The Morgan fingerprint density at radius 2 is 1.79 bits per heavy atom. The molecule has 0 aromatic heterocycles. The number of halogens is 3. The van der Waals surface area contributed by atoms with Crippen molar-refractivity contribution in [2.75, 3.05) is 27.7 Å². The summed E-state index contributed by atoms with van der Waals surface area (Å²) in [5.74, 6) is 0.658. The summed E-state index contributed by atoms with van der Waals surface area (Å²) in [5, 5.41) is 3.22. The van der Waals surface area contributed by atoms with Crippen molar-refractivity contribution in [1.29, 1.82) is 0 Å². The maximum absolute atomic E-state index is 13.0. The van der Waals surface area contributed by atoms with E-state index in [2.05, 4.69) is 15.0 Å². The third kappa shape index (κ3) is 6.37. The lowest BCUT2D eigenvalue weighted by Gasteiger charge is -2.22. The highest BCUT2D eigenvalue weighted by atomic mass is 19.3. The van der Waals surface area contributed by atoms with Crippen molar-refractivity contribution in [1.82, 2.24) is 10.2 Å². The molecular weight excluding hydrogens is 371 g/mol. The van der Waals surface area contributed by atoms with E-state index in [1.165, 1.54) is 25.3 Å². The van der Waals surface area contributed by atoms with E-state index in [1.54, 1.807) is 31.3 Å². The lowest BCUT2D eigenvalue weighted by molar-refractivity contribution is -0.0512. The summed E-state index contributed by atoms with van der Waals surface area (Å²) in [7, 11) is 4.95. The summed E-state index contributed by atoms with van der Waals surface area (Å²) in [6.45, 7) is -1.81. The SMILES string of the molecule is CN=C(NCCc1ccc(OC)c(OC(F)F)c1)N(C)Cc1ccc(F)cc1. The molecule has 1 N–H and O–H groups in total. The summed E-state index contributed by atoms with van der Waals surface area (Å²) >= 11 is 0. The van der Waals surface area contributed by atoms with Gasteiger partial charge in [0.05, 0.1) is 7.11 Å². The second-order valence-electron chi connectivity index (χ2n) is 6.07. The molecule has 0 aliphatic carbocycles. The number of nitrogens with one attached hydrogen (secondary N) is 1. The molecule has 0 amide bonds. The fourth-order valence-corrected chi connectivity index (χ4v) is 2.71. The van der Waals surface area contributed by atoms with E-state index >= 15 is 0 Å². The van der Waals surface area contributed by atoms with E-state index < -0.39 is 6.61 Å². The van der Waals surface area contributed by atoms with Gasteiger partial charge in [0, 0.05) is 27.2 Å². The topological polar surface area (TPSA) is 46.1 Å². The van der Waals surface area contributed by atoms with Crippen LogP contribution in [0.4, 0.5) is 13.2 Å². The first-order valence-corrected chi connectivity index (χ1v) is 8.71. The van der Waals surface area contributed by atoms with E-state index in [4.69, 9.17) is 4.74 Å². The van der Waals surface area contributed by atoms with Crippen LogP contribution < -0.4 is 14.8 Å². The molecule has 2 rings (SSSR count). The molecule has 0 heterocycles. The minimum atomic E-state index is -2.92. The number of nitrogens with zero attached hydrogens (tertiary/aromatic N) is 2. The molecule has 0 radical (unpaired) electrons. The van der Waals surface area contributed by atoms with Gasteiger partial charge < -0.3 is 19.7 Å². The van der Waals surface area contributed by atoms with Crippen LogP contribution in [-0.4, -0.2) is 45.2 Å². The van der Waals surface area contributed by atoms with E-state index in [0.29, 0.717) is 25.5 Å². The molecule has 0 aliphatic rings. The van der Waals surface area contributed by atoms with Gasteiger partial charge in [-0.15, -0.1) is 0 Å². The first kappa shape index (κ1) is 21.4. The van der Waals surface area contributed by atoms with Gasteiger partial charge in [0.25, 0.3) is 0 Å². The maximum atomic E-state index is 13.0. The first-order valence-electron chi connectivity index (χ1n) is 8.71. The molecule has 28 heavy (non-hydrogen) atoms. The van der Waals surface area contributed by atoms with Crippen LogP contribution in [0.15, 0.2) is 47.5 Å². The fourth-order valence-electron chi connectivity index (χ4n) is 2.71. The molecule has 0 aliphatic heterocycles. The molecule has 0 fully saturated rings. The summed E-state index contributed by atoms with van der Waals surface area (Å²) in [6, 6.07) is 11.2. The van der Waals surface area contributed by atoms with Crippen LogP contribution >= 0.6 is 0 Å². The molecule has 0 saturated carbocycles. The van der Waals surface area contributed by atoms with E-state index in [0.717, 1.165) is 11.1 Å². The Kier molecular flexibility index (Phi) is 7.98. The van der Waals surface area contributed by atoms with E-state index in [1.807, 2.05) is 11.9 Å². The van der Waals surface area contributed by atoms with Gasteiger partial charge in [-0.1, -0.05) is 18.2 Å². The monoisotopic (exact) mass is 395 g/mol. The number of benzene rings is 2. The van der Waals surface area contributed by atoms with Gasteiger partial charge in [-0.2, -0.15) is 8.78 Å². The number of hydrogen-bond acceptors (Lipinski definition) is 3. The standard InChI is InChI=1S/C20H24F3N3O2/c1-24-20(26(2)13-15-4-7-16(21)8-5-15)25-11-10-14-6-9-17(27-3)18(12-14)28-19(22)23/h4-9,12,19H,10-11,13H2,1-3H3,(H,24,25). The zero-order valence-electron chi connectivity index (χ0n) is 16.1. The average molecular weight is 395 g/mol. The van der Waals surface area contributed by atoms with Gasteiger partial charge >= 0.3 is 6.61 Å². The third-order valence-electron chi connectivity index (χ3n) is 4.05. The largest absolute Gasteiger partial charge is 0.493 e. The number of guanidine groups is 1. The Hall–Kier alpha value is -2.90. The van der Waals surface area contributed by atoms with Crippen molar-refractivity contribution >= 4 is 5.96 Å². The van der Waals surface area contributed by atoms with Crippen LogP contribution in [-0.2, 0) is 13.0 Å². The normalized spacial score (nSPS) is 11.5. The zero-order chi connectivity index (χ0) is 20.5. The minimum absolute atomic E-state index is 0.00723. The summed E-state index contributed by atoms with van der Waals surface area (Å²) in [6.07, 6.45) is 0.576. The summed E-state index contributed by atoms with van der Waals surface area (Å²) in [4.78, 5) is 6.14. The van der Waals surface area contributed by atoms with Crippen LogP contribution in [0.3, 0.4) is 0 Å². The first-order chi connectivity index (χ1) is 13.4. The van der Waals surface area contributed by atoms with Crippen molar-refractivity contribution in [2.24, 2.45) is 4.99 Å². The number of hydrogen-bond donors (Lipinski definition) is 1. The highest BCUT2D eigenvalue weighted by Crippen LogP contribution is 2.29. The molecule has 152 valence electrons. The van der Waals surface area contributed by atoms with Crippen molar-refractivity contribution in [2.45, 2.75) is 19.6 Å². The van der Waals surface area contributed by atoms with Crippen LogP contribution in [0.1, 0.15) is 11.1 Å². The van der Waals surface area contributed by atoms with Crippen LogP contribution in [0.25, 0.3) is 0 Å². The van der Waals surface area contributed by atoms with E-state index in [-0.39, 0.29) is 17.3 Å². The Labute approximate surface area is 162 Å². The summed E-state index contributed by atoms with van der Waals surface area (Å²) < 4.78 is 47.6. The minimum Gasteiger partial charge on any atom is -0.493 e. The Bertz CT molecular complexity index is 783. The second kappa shape index (κ2) is 10.4. The molecule has 2 aromatic rings. The zero-order valence-corrected chi connectivity index (χ0v) is 16.1. The molecule has 0 atom stereocenters. The maximum Gasteiger partial charge on any atom is 0.387 e. The molecule has 0 unspecified atom stereocenters.